The van der Waals surface area contributed by atoms with E-state index in [9.17, 15) is 9.18 Å². The van der Waals surface area contributed by atoms with E-state index >= 15 is 0 Å². The third kappa shape index (κ3) is 3.67. The number of amides is 1. The molecule has 0 radical (unpaired) electrons. The molecule has 0 atom stereocenters. The SMILES string of the molecule is CN(C)C1(c2cccc(F)c2)CCC2(CC1)C1=C(CCN2C(=O)C2CCCCC2)c2ccccc2C1. The molecule has 190 valence electrons. The van der Waals surface area contributed by atoms with Crippen molar-refractivity contribution in [1.29, 1.82) is 0 Å². The number of rotatable bonds is 3. The van der Waals surface area contributed by atoms with Crippen molar-refractivity contribution in [3.8, 4) is 0 Å². The summed E-state index contributed by atoms with van der Waals surface area (Å²) in [6, 6.07) is 16.0. The Morgan fingerprint density at radius 2 is 1.72 bits per heavy atom. The summed E-state index contributed by atoms with van der Waals surface area (Å²) in [7, 11) is 4.26. The number of halogens is 1. The Morgan fingerprint density at radius 1 is 0.972 bits per heavy atom. The van der Waals surface area contributed by atoms with E-state index in [1.807, 2.05) is 6.07 Å². The molecule has 1 amide bonds. The van der Waals surface area contributed by atoms with Gasteiger partial charge in [-0.15, -0.1) is 0 Å². The number of fused-ring (bicyclic) bond motifs is 3. The van der Waals surface area contributed by atoms with Crippen molar-refractivity contribution in [2.45, 2.75) is 81.7 Å². The minimum Gasteiger partial charge on any atom is -0.333 e. The van der Waals surface area contributed by atoms with Crippen molar-refractivity contribution in [3.05, 3.63) is 76.6 Å². The summed E-state index contributed by atoms with van der Waals surface area (Å²) in [5.74, 6) is 0.419. The number of hydrogen-bond acceptors (Lipinski definition) is 2. The van der Waals surface area contributed by atoms with Crippen LogP contribution in [0.25, 0.3) is 5.57 Å². The number of carbonyl (C=O) groups excluding carboxylic acids is 1. The van der Waals surface area contributed by atoms with Gasteiger partial charge in [-0.05, 0) is 105 Å². The van der Waals surface area contributed by atoms with E-state index in [4.69, 9.17) is 0 Å². The Balaban J connectivity index is 1.40. The molecule has 2 fully saturated rings. The molecule has 6 rings (SSSR count). The average molecular weight is 487 g/mol. The quantitative estimate of drug-likeness (QED) is 0.481. The average Bonchev–Trinajstić information content (AvgIpc) is 3.29. The van der Waals surface area contributed by atoms with Gasteiger partial charge in [-0.2, -0.15) is 0 Å². The number of benzene rings is 2. The molecule has 2 aromatic carbocycles. The highest BCUT2D eigenvalue weighted by Gasteiger charge is 2.54. The van der Waals surface area contributed by atoms with Crippen LogP contribution < -0.4 is 0 Å². The molecule has 4 heteroatoms. The monoisotopic (exact) mass is 486 g/mol. The minimum absolute atomic E-state index is 0.169. The fourth-order valence-electron chi connectivity index (χ4n) is 8.07. The maximum absolute atomic E-state index is 14.3. The summed E-state index contributed by atoms with van der Waals surface area (Å²) in [6.07, 6.45) is 11.4. The van der Waals surface area contributed by atoms with Gasteiger partial charge in [0, 0.05) is 18.0 Å². The lowest BCUT2D eigenvalue weighted by molar-refractivity contribution is -0.145. The van der Waals surface area contributed by atoms with Crippen LogP contribution in [0.1, 0.15) is 80.9 Å². The van der Waals surface area contributed by atoms with E-state index in [1.165, 1.54) is 47.6 Å². The molecule has 2 aromatic rings. The summed E-state index contributed by atoms with van der Waals surface area (Å²) in [5, 5.41) is 0. The molecular weight excluding hydrogens is 447 g/mol. The molecule has 0 bridgehead atoms. The first-order valence-electron chi connectivity index (χ1n) is 14.0. The van der Waals surface area contributed by atoms with E-state index in [0.717, 1.165) is 63.5 Å². The van der Waals surface area contributed by atoms with Gasteiger partial charge in [0.15, 0.2) is 0 Å². The molecule has 36 heavy (non-hydrogen) atoms. The molecule has 0 N–H and O–H groups in total. The van der Waals surface area contributed by atoms with Crippen LogP contribution in [0.15, 0.2) is 54.1 Å². The van der Waals surface area contributed by atoms with Crippen LogP contribution >= 0.6 is 0 Å². The summed E-state index contributed by atoms with van der Waals surface area (Å²) in [6.45, 7) is 0.831. The number of hydrogen-bond donors (Lipinski definition) is 0. The fourth-order valence-corrected chi connectivity index (χ4v) is 8.07. The summed E-state index contributed by atoms with van der Waals surface area (Å²) in [4.78, 5) is 18.8. The Labute approximate surface area is 215 Å². The van der Waals surface area contributed by atoms with Gasteiger partial charge in [0.05, 0.1) is 5.54 Å². The lowest BCUT2D eigenvalue weighted by atomic mass is 9.63. The number of nitrogens with zero attached hydrogens (tertiary/aromatic N) is 2. The van der Waals surface area contributed by atoms with Crippen molar-refractivity contribution < 1.29 is 9.18 Å². The molecule has 1 heterocycles. The zero-order valence-electron chi connectivity index (χ0n) is 21.9. The third-order valence-electron chi connectivity index (χ3n) is 10.1. The molecular formula is C32H39FN2O. The molecule has 0 unspecified atom stereocenters. The van der Waals surface area contributed by atoms with Gasteiger partial charge in [0.1, 0.15) is 5.82 Å². The molecule has 1 aliphatic heterocycles. The lowest BCUT2D eigenvalue weighted by Crippen LogP contribution is -2.61. The predicted molar refractivity (Wildman–Crippen MR) is 143 cm³/mol. The van der Waals surface area contributed by atoms with Crippen molar-refractivity contribution in [2.24, 2.45) is 5.92 Å². The van der Waals surface area contributed by atoms with E-state index in [2.05, 4.69) is 54.2 Å². The highest BCUT2D eigenvalue weighted by atomic mass is 19.1. The summed E-state index contributed by atoms with van der Waals surface area (Å²) < 4.78 is 14.3. The van der Waals surface area contributed by atoms with Crippen LogP contribution in [0.5, 0.6) is 0 Å². The third-order valence-corrected chi connectivity index (χ3v) is 10.1. The fraction of sp³-hybridized carbons (Fsp3) is 0.531. The Kier molecular flexibility index (Phi) is 6.06. The molecule has 3 nitrogen and oxygen atoms in total. The first-order valence-corrected chi connectivity index (χ1v) is 14.0. The maximum Gasteiger partial charge on any atom is 0.226 e. The lowest BCUT2D eigenvalue weighted by Gasteiger charge is -2.57. The van der Waals surface area contributed by atoms with Gasteiger partial charge < -0.3 is 4.90 Å². The molecule has 0 aromatic heterocycles. The zero-order chi connectivity index (χ0) is 24.9. The topological polar surface area (TPSA) is 23.6 Å². The predicted octanol–water partition coefficient (Wildman–Crippen LogP) is 6.72. The minimum atomic E-state index is -0.214. The van der Waals surface area contributed by atoms with Gasteiger partial charge in [0.2, 0.25) is 5.91 Å². The van der Waals surface area contributed by atoms with Gasteiger partial charge >= 0.3 is 0 Å². The second kappa shape index (κ2) is 9.13. The molecule has 2 saturated carbocycles. The standard InChI is InChI=1S/C32H39FN2O/c1-34(2)31(25-12-8-13-26(33)22-25)16-18-32(19-17-31)29-21-24-11-6-7-14-27(24)28(29)15-20-35(32)30(36)23-9-4-3-5-10-23/h6-8,11-14,22-23H,3-5,9-10,15-21H2,1-2H3. The molecule has 0 saturated heterocycles. The Bertz CT molecular complexity index is 1180. The van der Waals surface area contributed by atoms with Gasteiger partial charge in [0.25, 0.3) is 0 Å². The second-order valence-electron chi connectivity index (χ2n) is 11.8. The molecule has 4 aliphatic rings. The van der Waals surface area contributed by atoms with Gasteiger partial charge in [-0.1, -0.05) is 55.7 Å². The smallest absolute Gasteiger partial charge is 0.226 e. The van der Waals surface area contributed by atoms with Crippen LogP contribution in [0.3, 0.4) is 0 Å². The number of carbonyl (C=O) groups is 1. The van der Waals surface area contributed by atoms with E-state index < -0.39 is 0 Å². The Hall–Kier alpha value is -2.46. The first kappa shape index (κ1) is 23.9. The summed E-state index contributed by atoms with van der Waals surface area (Å²) >= 11 is 0. The van der Waals surface area contributed by atoms with Gasteiger partial charge in [-0.3, -0.25) is 9.69 Å². The van der Waals surface area contributed by atoms with Crippen LogP contribution in [-0.2, 0) is 16.8 Å². The second-order valence-corrected chi connectivity index (χ2v) is 11.8. The van der Waals surface area contributed by atoms with Crippen molar-refractivity contribution in [1.82, 2.24) is 9.80 Å². The molecule has 3 aliphatic carbocycles. The van der Waals surface area contributed by atoms with Gasteiger partial charge in [-0.25, -0.2) is 4.39 Å². The zero-order valence-corrected chi connectivity index (χ0v) is 21.9. The maximum atomic E-state index is 14.3. The van der Waals surface area contributed by atoms with Crippen LogP contribution in [0.2, 0.25) is 0 Å². The highest BCUT2D eigenvalue weighted by Crippen LogP contribution is 2.55. The largest absolute Gasteiger partial charge is 0.333 e. The van der Waals surface area contributed by atoms with Crippen molar-refractivity contribution >= 4 is 11.5 Å². The van der Waals surface area contributed by atoms with E-state index in [0.29, 0.717) is 5.91 Å². The van der Waals surface area contributed by atoms with E-state index in [1.54, 1.807) is 6.07 Å². The van der Waals surface area contributed by atoms with Crippen molar-refractivity contribution in [3.63, 3.8) is 0 Å². The Morgan fingerprint density at radius 3 is 2.44 bits per heavy atom. The first-order chi connectivity index (χ1) is 17.4. The molecule has 1 spiro atoms. The van der Waals surface area contributed by atoms with E-state index in [-0.39, 0.29) is 22.8 Å². The van der Waals surface area contributed by atoms with Crippen LogP contribution in [0, 0.1) is 11.7 Å². The van der Waals surface area contributed by atoms with Crippen LogP contribution in [-0.4, -0.2) is 41.9 Å². The normalized spacial score (nSPS) is 28.5. The van der Waals surface area contributed by atoms with Crippen molar-refractivity contribution in [2.75, 3.05) is 20.6 Å². The van der Waals surface area contributed by atoms with Crippen LogP contribution in [0.4, 0.5) is 4.39 Å². The summed E-state index contributed by atoms with van der Waals surface area (Å²) in [5.41, 5.74) is 6.47. The highest BCUT2D eigenvalue weighted by molar-refractivity contribution is 5.85.